The zero-order valence-corrected chi connectivity index (χ0v) is 27.1. The predicted octanol–water partition coefficient (Wildman–Crippen LogP) is -3.11. The van der Waals surface area contributed by atoms with E-state index in [9.17, 15) is 47.2 Å². The molecule has 0 spiro atoms. The van der Waals surface area contributed by atoms with Gasteiger partial charge in [0.15, 0.2) is 18.7 Å². The number of methoxy groups -OCH3 is 1. The largest absolute Gasteiger partial charge is 0.479 e. The van der Waals surface area contributed by atoms with Crippen LogP contribution in [0.3, 0.4) is 0 Å². The number of aliphatic hydroxyl groups is 4. The zero-order valence-electron chi connectivity index (χ0n) is 24.5. The molecule has 0 aliphatic carbocycles. The monoisotopic (exact) mass is 732 g/mol. The Bertz CT molecular complexity index is 1200. The summed E-state index contributed by atoms with van der Waals surface area (Å²) in [6.45, 7) is -0.291. The fourth-order valence-corrected chi connectivity index (χ4v) is 6.20. The molecule has 20 nitrogen and oxygen atoms in total. The highest BCUT2D eigenvalue weighted by molar-refractivity contribution is 7.81. The SMILES string of the molecule is CO[C@@H]1C(COS(=O)(=O)O)O[C@H](O[C@@H]2C(C(=O)O)O[C@@H](OC3[C@@H](COS(=O)(=O)O)O[C@@H](CCCCS)[C@H]3O)C(O)[C@H]2O)C(C)[C@H]1O. The minimum absolute atomic E-state index is 0.264. The number of thiol groups is 1. The smallest absolute Gasteiger partial charge is 0.397 e. The Balaban J connectivity index is 1.78. The number of aliphatic hydroxyl groups excluding tert-OH is 4. The van der Waals surface area contributed by atoms with Crippen molar-refractivity contribution in [2.75, 3.05) is 26.1 Å². The molecule has 0 aromatic rings. The summed E-state index contributed by atoms with van der Waals surface area (Å²) in [4.78, 5) is 12.2. The molecule has 14 atom stereocenters. The highest BCUT2D eigenvalue weighted by atomic mass is 32.3. The summed E-state index contributed by atoms with van der Waals surface area (Å²) in [7, 11) is -8.70. The second kappa shape index (κ2) is 16.7. The van der Waals surface area contributed by atoms with E-state index in [0.717, 1.165) is 0 Å². The normalized spacial score (nSPS) is 40.6. The van der Waals surface area contributed by atoms with E-state index >= 15 is 0 Å². The molecule has 23 heteroatoms. The van der Waals surface area contributed by atoms with Gasteiger partial charge in [-0.15, -0.1) is 0 Å². The van der Waals surface area contributed by atoms with Gasteiger partial charge in [0.25, 0.3) is 0 Å². The lowest BCUT2D eigenvalue weighted by Crippen LogP contribution is -2.64. The van der Waals surface area contributed by atoms with Gasteiger partial charge in [0.2, 0.25) is 0 Å². The quantitative estimate of drug-likeness (QED) is 0.0442. The van der Waals surface area contributed by atoms with Crippen LogP contribution in [-0.4, -0.2) is 163 Å². The van der Waals surface area contributed by atoms with Crippen molar-refractivity contribution in [1.82, 2.24) is 0 Å². The maximum Gasteiger partial charge on any atom is 0.397 e. The van der Waals surface area contributed by atoms with Crippen molar-refractivity contribution in [3.63, 3.8) is 0 Å². The van der Waals surface area contributed by atoms with Crippen molar-refractivity contribution in [3.8, 4) is 0 Å². The Labute approximate surface area is 270 Å². The van der Waals surface area contributed by atoms with Gasteiger partial charge < -0.3 is 54.0 Å². The first-order chi connectivity index (χ1) is 21.4. The Kier molecular flexibility index (Phi) is 14.4. The van der Waals surface area contributed by atoms with Gasteiger partial charge in [-0.3, -0.25) is 9.11 Å². The number of ether oxygens (including phenoxy) is 6. The molecule has 0 radical (unpaired) electrons. The van der Waals surface area contributed by atoms with Crippen molar-refractivity contribution in [3.05, 3.63) is 0 Å². The molecule has 3 saturated heterocycles. The fourth-order valence-electron chi connectivity index (χ4n) is 5.36. The number of carbonyl (C=O) groups is 1. The molecule has 46 heavy (non-hydrogen) atoms. The van der Waals surface area contributed by atoms with E-state index in [1.165, 1.54) is 14.0 Å². The number of rotatable bonds is 16. The van der Waals surface area contributed by atoms with Gasteiger partial charge in [-0.1, -0.05) is 6.92 Å². The summed E-state index contributed by atoms with van der Waals surface area (Å²) in [5.41, 5.74) is 0. The molecular weight excluding hydrogens is 692 g/mol. The van der Waals surface area contributed by atoms with Crippen molar-refractivity contribution >= 4 is 39.4 Å². The minimum atomic E-state index is -4.94. The maximum atomic E-state index is 12.2. The van der Waals surface area contributed by atoms with E-state index in [2.05, 4.69) is 21.0 Å². The van der Waals surface area contributed by atoms with Crippen molar-refractivity contribution in [2.45, 2.75) is 106 Å². The van der Waals surface area contributed by atoms with E-state index in [1.807, 2.05) is 0 Å². The average Bonchev–Trinajstić information content (AvgIpc) is 3.25. The van der Waals surface area contributed by atoms with Crippen LogP contribution in [0.15, 0.2) is 0 Å². The van der Waals surface area contributed by atoms with Crippen LogP contribution >= 0.6 is 12.6 Å². The number of aliphatic carboxylic acids is 1. The summed E-state index contributed by atoms with van der Waals surface area (Å²) < 4.78 is 104. The van der Waals surface area contributed by atoms with Crippen LogP contribution < -0.4 is 0 Å². The van der Waals surface area contributed by atoms with E-state index in [0.29, 0.717) is 18.6 Å². The molecule has 3 aliphatic heterocycles. The van der Waals surface area contributed by atoms with Crippen molar-refractivity contribution in [1.29, 1.82) is 0 Å². The number of unbranched alkanes of at least 4 members (excludes halogenated alkanes) is 1. The lowest BCUT2D eigenvalue weighted by atomic mass is 9.91. The average molecular weight is 733 g/mol. The lowest BCUT2D eigenvalue weighted by molar-refractivity contribution is -0.353. The molecule has 3 heterocycles. The summed E-state index contributed by atoms with van der Waals surface area (Å²) in [5.74, 6) is -2.18. The molecular formula is C23H40O20S3. The zero-order chi connectivity index (χ0) is 34.6. The highest BCUT2D eigenvalue weighted by Gasteiger charge is 2.55. The first-order valence-corrected chi connectivity index (χ1v) is 17.3. The molecule has 0 bridgehead atoms. The molecule has 3 rings (SSSR count). The van der Waals surface area contributed by atoms with Gasteiger partial charge in [0, 0.05) is 13.0 Å². The van der Waals surface area contributed by atoms with Gasteiger partial charge in [0.05, 0.1) is 25.4 Å². The van der Waals surface area contributed by atoms with Crippen LogP contribution in [-0.2, 0) is 62.4 Å². The third-order valence-corrected chi connectivity index (χ3v) is 8.90. The molecule has 3 aliphatic rings. The van der Waals surface area contributed by atoms with Gasteiger partial charge in [0.1, 0.15) is 48.8 Å². The Morgan fingerprint density at radius 3 is 1.83 bits per heavy atom. The van der Waals surface area contributed by atoms with E-state index in [-0.39, 0.29) is 6.42 Å². The second-order valence-corrected chi connectivity index (χ2v) is 13.5. The van der Waals surface area contributed by atoms with Gasteiger partial charge in [-0.05, 0) is 25.0 Å². The summed E-state index contributed by atoms with van der Waals surface area (Å²) >= 11 is 4.11. The molecule has 0 aromatic carbocycles. The first-order valence-electron chi connectivity index (χ1n) is 14.0. The molecule has 3 fully saturated rings. The predicted molar refractivity (Wildman–Crippen MR) is 150 cm³/mol. The van der Waals surface area contributed by atoms with Crippen molar-refractivity contribution in [2.24, 2.45) is 5.92 Å². The second-order valence-electron chi connectivity index (χ2n) is 10.9. The van der Waals surface area contributed by atoms with Crippen LogP contribution in [0.1, 0.15) is 26.2 Å². The first kappa shape index (κ1) is 39.6. The van der Waals surface area contributed by atoms with E-state index in [1.54, 1.807) is 0 Å². The molecule has 0 saturated carbocycles. The molecule has 270 valence electrons. The Morgan fingerprint density at radius 1 is 0.739 bits per heavy atom. The van der Waals surface area contributed by atoms with Gasteiger partial charge >= 0.3 is 26.8 Å². The van der Waals surface area contributed by atoms with Crippen LogP contribution in [0.2, 0.25) is 0 Å². The summed E-state index contributed by atoms with van der Waals surface area (Å²) in [6.07, 6.45) is -19.5. The van der Waals surface area contributed by atoms with Crippen LogP contribution in [0.4, 0.5) is 0 Å². The highest BCUT2D eigenvalue weighted by Crippen LogP contribution is 2.35. The fraction of sp³-hybridized carbons (Fsp3) is 0.957. The van der Waals surface area contributed by atoms with E-state index < -0.39 is 126 Å². The number of hydrogen-bond acceptors (Lipinski definition) is 18. The summed E-state index contributed by atoms with van der Waals surface area (Å²) in [5, 5.41) is 53.4. The number of hydrogen-bond donors (Lipinski definition) is 8. The van der Waals surface area contributed by atoms with Crippen LogP contribution in [0, 0.1) is 5.92 Å². The van der Waals surface area contributed by atoms with Gasteiger partial charge in [-0.25, -0.2) is 13.2 Å². The number of carboxylic acid groups (broad SMARTS) is 1. The van der Waals surface area contributed by atoms with Crippen molar-refractivity contribution < 1.29 is 93.1 Å². The molecule has 5 unspecified atom stereocenters. The number of carboxylic acids is 1. The topological polar surface area (TPSA) is 301 Å². The molecule has 7 N–H and O–H groups in total. The molecule has 0 amide bonds. The Morgan fingerprint density at radius 2 is 1.30 bits per heavy atom. The minimum Gasteiger partial charge on any atom is -0.479 e. The third kappa shape index (κ3) is 10.3. The summed E-state index contributed by atoms with van der Waals surface area (Å²) in [6, 6.07) is 0. The lowest BCUT2D eigenvalue weighted by Gasteiger charge is -2.46. The third-order valence-electron chi connectivity index (χ3n) is 7.72. The van der Waals surface area contributed by atoms with Crippen LogP contribution in [0.25, 0.3) is 0 Å². The van der Waals surface area contributed by atoms with Crippen LogP contribution in [0.5, 0.6) is 0 Å². The standard InChI is InChI=1S/C23H40O20S3/c1-9-13(24)17(36-2)11(7-37-45(30,31)32)40-22(9)42-19-15(26)16(27)23(43-20(19)21(28)29)41-18-12(8-38-46(33,34)35)39-10(14(18)25)5-3-4-6-44/h9-20,22-27,44H,3-8H2,1-2H3,(H,28,29)(H,30,31,32)(H,33,34,35)/t9?,10-,11?,12+,13+,14+,15+,16?,17+,18?,19-,20?,22+,23+/m0/s1. The van der Waals surface area contributed by atoms with Gasteiger partial charge in [-0.2, -0.15) is 29.5 Å². The maximum absolute atomic E-state index is 12.2. The molecule has 0 aromatic heterocycles. The van der Waals surface area contributed by atoms with E-state index in [4.69, 9.17) is 37.5 Å². The Hall–Kier alpha value is -0.840.